The molecular formula is C22H25N3O3. The summed E-state index contributed by atoms with van der Waals surface area (Å²) >= 11 is 0. The van der Waals surface area contributed by atoms with Crippen molar-refractivity contribution in [2.75, 3.05) is 32.8 Å². The molecule has 0 radical (unpaired) electrons. The highest BCUT2D eigenvalue weighted by atomic mass is 16.5. The summed E-state index contributed by atoms with van der Waals surface area (Å²) in [5.74, 6) is 0.864. The second-order valence-electron chi connectivity index (χ2n) is 7.35. The Morgan fingerprint density at radius 3 is 2.64 bits per heavy atom. The summed E-state index contributed by atoms with van der Waals surface area (Å²) in [7, 11) is 0. The van der Waals surface area contributed by atoms with Gasteiger partial charge in [0, 0.05) is 37.3 Å². The molecule has 1 saturated heterocycles. The smallest absolute Gasteiger partial charge is 0.318 e. The third kappa shape index (κ3) is 3.81. The fraction of sp³-hybridized carbons (Fsp3) is 0.364. The Bertz CT molecular complexity index is 883. The molecule has 4 rings (SSSR count). The van der Waals surface area contributed by atoms with Crippen LogP contribution in [0.1, 0.15) is 33.9 Å². The topological polar surface area (TPSA) is 61.9 Å². The molecule has 1 atom stereocenters. The van der Waals surface area contributed by atoms with Crippen molar-refractivity contribution in [1.29, 1.82) is 0 Å². The lowest BCUT2D eigenvalue weighted by atomic mass is 10.1. The minimum atomic E-state index is -0.128. The highest BCUT2D eigenvalue weighted by molar-refractivity contribution is 5.94. The summed E-state index contributed by atoms with van der Waals surface area (Å²) in [5.41, 5.74) is 2.79. The number of amides is 3. The molecule has 0 unspecified atom stereocenters. The Balaban J connectivity index is 1.36. The fourth-order valence-corrected chi connectivity index (χ4v) is 3.81. The number of urea groups is 1. The average molecular weight is 379 g/mol. The third-order valence-corrected chi connectivity index (χ3v) is 5.33. The van der Waals surface area contributed by atoms with Gasteiger partial charge in [0.15, 0.2) is 0 Å². The lowest BCUT2D eigenvalue weighted by Crippen LogP contribution is -2.44. The van der Waals surface area contributed by atoms with Crippen LogP contribution in [0.15, 0.2) is 48.5 Å². The number of carbonyl (C=O) groups excluding carboxylic acids is 2. The van der Waals surface area contributed by atoms with Crippen LogP contribution in [0.4, 0.5) is 4.79 Å². The number of hydrogen-bond donors (Lipinski definition) is 1. The number of benzene rings is 2. The first-order valence-electron chi connectivity index (χ1n) is 9.75. The van der Waals surface area contributed by atoms with Crippen molar-refractivity contribution in [3.05, 3.63) is 65.2 Å². The maximum Gasteiger partial charge on any atom is 0.318 e. The molecule has 1 N–H and O–H groups in total. The van der Waals surface area contributed by atoms with Crippen LogP contribution in [-0.4, -0.2) is 54.5 Å². The number of nitrogens with zero attached hydrogens (tertiary/aromatic N) is 2. The first-order chi connectivity index (χ1) is 13.6. The molecular weight excluding hydrogens is 354 g/mol. The van der Waals surface area contributed by atoms with E-state index in [0.29, 0.717) is 38.3 Å². The van der Waals surface area contributed by atoms with Gasteiger partial charge < -0.3 is 19.9 Å². The van der Waals surface area contributed by atoms with E-state index < -0.39 is 0 Å². The first kappa shape index (κ1) is 18.3. The monoisotopic (exact) mass is 379 g/mol. The van der Waals surface area contributed by atoms with Crippen LogP contribution in [0.5, 0.6) is 5.75 Å². The normalized spacial score (nSPS) is 18.8. The van der Waals surface area contributed by atoms with Crippen LogP contribution in [0.25, 0.3) is 0 Å². The van der Waals surface area contributed by atoms with Gasteiger partial charge in [-0.05, 0) is 31.5 Å². The van der Waals surface area contributed by atoms with Crippen molar-refractivity contribution in [2.45, 2.75) is 19.4 Å². The third-order valence-electron chi connectivity index (χ3n) is 5.33. The van der Waals surface area contributed by atoms with Crippen LogP contribution in [0, 0.1) is 6.92 Å². The number of hydrogen-bond acceptors (Lipinski definition) is 3. The first-order valence-corrected chi connectivity index (χ1v) is 9.75. The Morgan fingerprint density at radius 2 is 1.79 bits per heavy atom. The van der Waals surface area contributed by atoms with E-state index in [0.717, 1.165) is 23.3 Å². The number of para-hydroxylation sites is 1. The number of fused-ring (bicyclic) bond motifs is 1. The van der Waals surface area contributed by atoms with E-state index >= 15 is 0 Å². The van der Waals surface area contributed by atoms with Crippen molar-refractivity contribution in [3.63, 3.8) is 0 Å². The maximum atomic E-state index is 12.8. The predicted molar refractivity (Wildman–Crippen MR) is 106 cm³/mol. The van der Waals surface area contributed by atoms with Gasteiger partial charge >= 0.3 is 6.03 Å². The molecule has 6 heteroatoms. The van der Waals surface area contributed by atoms with Gasteiger partial charge in [0.2, 0.25) is 0 Å². The zero-order valence-corrected chi connectivity index (χ0v) is 16.1. The van der Waals surface area contributed by atoms with Crippen LogP contribution in [0.2, 0.25) is 0 Å². The van der Waals surface area contributed by atoms with Gasteiger partial charge in [-0.15, -0.1) is 0 Å². The van der Waals surface area contributed by atoms with Gasteiger partial charge in [-0.3, -0.25) is 4.79 Å². The fourth-order valence-electron chi connectivity index (χ4n) is 3.81. The molecule has 0 aromatic heterocycles. The molecule has 0 saturated carbocycles. The van der Waals surface area contributed by atoms with E-state index in [9.17, 15) is 9.59 Å². The van der Waals surface area contributed by atoms with Gasteiger partial charge in [0.1, 0.15) is 12.4 Å². The standard InChI is InChI=1S/C22H25N3O3/c1-16-6-4-7-17(14-16)21(26)24-10-5-11-25(13-12-24)22(27)23-19-15-28-20-9-3-2-8-18(19)20/h2-4,6-9,14,19H,5,10-13,15H2,1H3,(H,23,27)/t19-/m0/s1. The number of rotatable bonds is 2. The molecule has 0 aliphatic carbocycles. The van der Waals surface area contributed by atoms with Gasteiger partial charge in [-0.2, -0.15) is 0 Å². The van der Waals surface area contributed by atoms with Crippen LogP contribution < -0.4 is 10.1 Å². The maximum absolute atomic E-state index is 12.8. The minimum absolute atomic E-state index is 0.0316. The molecule has 3 amide bonds. The van der Waals surface area contributed by atoms with E-state index in [4.69, 9.17) is 4.74 Å². The Hall–Kier alpha value is -3.02. The summed E-state index contributed by atoms with van der Waals surface area (Å²) in [6, 6.07) is 15.2. The Morgan fingerprint density at radius 1 is 1.00 bits per heavy atom. The van der Waals surface area contributed by atoms with Crippen molar-refractivity contribution in [2.24, 2.45) is 0 Å². The van der Waals surface area contributed by atoms with Crippen LogP contribution in [0.3, 0.4) is 0 Å². The molecule has 2 aliphatic rings. The van der Waals surface area contributed by atoms with E-state index in [1.165, 1.54) is 0 Å². The summed E-state index contributed by atoms with van der Waals surface area (Å²) in [6.45, 7) is 4.80. The molecule has 0 spiro atoms. The summed E-state index contributed by atoms with van der Waals surface area (Å²) < 4.78 is 5.64. The zero-order chi connectivity index (χ0) is 19.5. The highest BCUT2D eigenvalue weighted by Crippen LogP contribution is 2.31. The minimum Gasteiger partial charge on any atom is -0.491 e. The second-order valence-corrected chi connectivity index (χ2v) is 7.35. The molecule has 146 valence electrons. The molecule has 6 nitrogen and oxygen atoms in total. The van der Waals surface area contributed by atoms with Crippen molar-refractivity contribution in [3.8, 4) is 5.75 Å². The van der Waals surface area contributed by atoms with Crippen molar-refractivity contribution >= 4 is 11.9 Å². The van der Waals surface area contributed by atoms with E-state index in [1.807, 2.05) is 60.4 Å². The lowest BCUT2D eigenvalue weighted by molar-refractivity contribution is 0.0762. The van der Waals surface area contributed by atoms with Crippen LogP contribution in [-0.2, 0) is 0 Å². The number of ether oxygens (including phenoxy) is 1. The summed E-state index contributed by atoms with van der Waals surface area (Å²) in [5, 5.41) is 3.07. The molecule has 2 aromatic carbocycles. The van der Waals surface area contributed by atoms with E-state index in [-0.39, 0.29) is 18.0 Å². The van der Waals surface area contributed by atoms with Gasteiger partial charge in [-0.1, -0.05) is 35.9 Å². The van der Waals surface area contributed by atoms with E-state index in [2.05, 4.69) is 5.32 Å². The quantitative estimate of drug-likeness (QED) is 0.873. The van der Waals surface area contributed by atoms with Crippen LogP contribution >= 0.6 is 0 Å². The summed E-state index contributed by atoms with van der Waals surface area (Å²) in [6.07, 6.45) is 0.767. The Kier molecular flexibility index (Phi) is 5.19. The highest BCUT2D eigenvalue weighted by Gasteiger charge is 2.28. The molecule has 2 heterocycles. The number of nitrogens with one attached hydrogen (secondary N) is 1. The Labute approximate surface area is 165 Å². The molecule has 0 bridgehead atoms. The number of aryl methyl sites for hydroxylation is 1. The SMILES string of the molecule is Cc1cccc(C(=O)N2CCCN(C(=O)N[C@H]3COc4ccccc43)CC2)c1. The van der Waals surface area contributed by atoms with Gasteiger partial charge in [0.05, 0.1) is 6.04 Å². The zero-order valence-electron chi connectivity index (χ0n) is 16.1. The lowest BCUT2D eigenvalue weighted by Gasteiger charge is -2.24. The van der Waals surface area contributed by atoms with Crippen molar-refractivity contribution < 1.29 is 14.3 Å². The number of carbonyl (C=O) groups is 2. The predicted octanol–water partition coefficient (Wildman–Crippen LogP) is 2.99. The van der Waals surface area contributed by atoms with E-state index in [1.54, 1.807) is 4.90 Å². The molecule has 28 heavy (non-hydrogen) atoms. The summed E-state index contributed by atoms with van der Waals surface area (Å²) in [4.78, 5) is 29.2. The largest absolute Gasteiger partial charge is 0.491 e. The average Bonchev–Trinajstić information content (AvgIpc) is 2.94. The molecule has 2 aliphatic heterocycles. The van der Waals surface area contributed by atoms with Crippen molar-refractivity contribution in [1.82, 2.24) is 15.1 Å². The molecule has 2 aromatic rings. The van der Waals surface area contributed by atoms with Gasteiger partial charge in [0.25, 0.3) is 5.91 Å². The van der Waals surface area contributed by atoms with Gasteiger partial charge in [-0.25, -0.2) is 4.79 Å². The second kappa shape index (κ2) is 7.92. The molecule has 1 fully saturated rings.